The Labute approximate surface area is 141 Å². The first-order valence-corrected chi connectivity index (χ1v) is 7.97. The minimum atomic E-state index is -0.262. The van der Waals surface area contributed by atoms with Crippen molar-refractivity contribution in [1.29, 1.82) is 0 Å². The number of ether oxygens (including phenoxy) is 1. The Bertz CT molecular complexity index is 759. The predicted molar refractivity (Wildman–Crippen MR) is 90.1 cm³/mol. The van der Waals surface area contributed by atoms with Gasteiger partial charge in [-0.25, -0.2) is 0 Å². The van der Waals surface area contributed by atoms with E-state index in [2.05, 4.69) is 0 Å². The second-order valence-electron chi connectivity index (χ2n) is 6.19. The van der Waals surface area contributed by atoms with Crippen LogP contribution < -0.4 is 0 Å². The minimum absolute atomic E-state index is 0.0723. The van der Waals surface area contributed by atoms with Crippen LogP contribution in [-0.2, 0) is 4.74 Å². The average Bonchev–Trinajstić information content (AvgIpc) is 2.55. The van der Waals surface area contributed by atoms with Crippen LogP contribution in [0.4, 0.5) is 0 Å². The Kier molecular flexibility index (Phi) is 4.44. The largest absolute Gasteiger partial charge is 0.508 e. The Morgan fingerprint density at radius 2 is 1.96 bits per heavy atom. The van der Waals surface area contributed by atoms with Gasteiger partial charge in [0.15, 0.2) is 0 Å². The van der Waals surface area contributed by atoms with Crippen LogP contribution in [-0.4, -0.2) is 40.2 Å². The third-order valence-corrected chi connectivity index (χ3v) is 4.44. The highest BCUT2D eigenvalue weighted by molar-refractivity contribution is 5.97. The molecule has 126 valence electrons. The third kappa shape index (κ3) is 3.08. The summed E-state index contributed by atoms with van der Waals surface area (Å²) in [4.78, 5) is 14.5. The number of phenolic OH excluding ortho intramolecular Hbond substituents is 2. The van der Waals surface area contributed by atoms with Gasteiger partial charge in [0.05, 0.1) is 24.8 Å². The van der Waals surface area contributed by atoms with Crippen LogP contribution in [0.5, 0.6) is 11.5 Å². The molecule has 2 N–H and O–H groups in total. The van der Waals surface area contributed by atoms with Crippen LogP contribution in [0.25, 0.3) is 0 Å². The molecule has 1 heterocycles. The van der Waals surface area contributed by atoms with E-state index >= 15 is 0 Å². The highest BCUT2D eigenvalue weighted by Gasteiger charge is 2.32. The van der Waals surface area contributed by atoms with E-state index in [4.69, 9.17) is 4.74 Å². The molecule has 1 aliphatic rings. The molecule has 2 aromatic rings. The molecular formula is C19H21NO4. The van der Waals surface area contributed by atoms with Crippen LogP contribution in [0.2, 0.25) is 0 Å². The number of phenols is 2. The van der Waals surface area contributed by atoms with E-state index in [1.165, 1.54) is 18.2 Å². The molecule has 0 unspecified atom stereocenters. The summed E-state index contributed by atoms with van der Waals surface area (Å²) in [5.74, 6) is -0.551. The molecule has 0 aliphatic carbocycles. The second kappa shape index (κ2) is 6.53. The van der Waals surface area contributed by atoms with Gasteiger partial charge in [-0.15, -0.1) is 0 Å². The molecule has 2 aromatic carbocycles. The average molecular weight is 327 g/mol. The maximum atomic E-state index is 12.8. The number of hydrogen-bond donors (Lipinski definition) is 2. The lowest BCUT2D eigenvalue weighted by Crippen LogP contribution is -2.48. The molecule has 1 amide bonds. The Morgan fingerprint density at radius 3 is 2.67 bits per heavy atom. The monoisotopic (exact) mass is 327 g/mol. The van der Waals surface area contributed by atoms with Gasteiger partial charge in [0, 0.05) is 6.07 Å². The molecule has 0 saturated carbocycles. The summed E-state index contributed by atoms with van der Waals surface area (Å²) < 4.78 is 5.93. The lowest BCUT2D eigenvalue weighted by Gasteiger charge is -2.38. The van der Waals surface area contributed by atoms with Crippen molar-refractivity contribution in [2.45, 2.75) is 26.0 Å². The minimum Gasteiger partial charge on any atom is -0.508 e. The number of morpholine rings is 1. The van der Waals surface area contributed by atoms with E-state index in [1.54, 1.807) is 4.90 Å². The van der Waals surface area contributed by atoms with Gasteiger partial charge in [0.25, 0.3) is 5.91 Å². The van der Waals surface area contributed by atoms with Crippen LogP contribution in [0.1, 0.15) is 34.5 Å². The second-order valence-corrected chi connectivity index (χ2v) is 6.19. The SMILES string of the molecule is Cc1ccccc1[C@H]1CN(C(=O)c2ccc(O)cc2O)[C@H](C)CO1. The first kappa shape index (κ1) is 16.3. The topological polar surface area (TPSA) is 70.0 Å². The number of benzene rings is 2. The zero-order valence-electron chi connectivity index (χ0n) is 13.8. The summed E-state index contributed by atoms with van der Waals surface area (Å²) >= 11 is 0. The van der Waals surface area contributed by atoms with Gasteiger partial charge in [-0.2, -0.15) is 0 Å². The van der Waals surface area contributed by atoms with E-state index in [-0.39, 0.29) is 35.1 Å². The number of amides is 1. The van der Waals surface area contributed by atoms with Crippen LogP contribution in [0.3, 0.4) is 0 Å². The highest BCUT2D eigenvalue weighted by atomic mass is 16.5. The number of rotatable bonds is 2. The molecule has 24 heavy (non-hydrogen) atoms. The maximum absolute atomic E-state index is 12.8. The molecular weight excluding hydrogens is 306 g/mol. The van der Waals surface area contributed by atoms with Crippen molar-refractivity contribution in [2.24, 2.45) is 0 Å². The lowest BCUT2D eigenvalue weighted by molar-refractivity contribution is -0.0489. The summed E-state index contributed by atoms with van der Waals surface area (Å²) in [5.41, 5.74) is 2.37. The molecule has 1 aliphatic heterocycles. The van der Waals surface area contributed by atoms with Crippen molar-refractivity contribution in [3.8, 4) is 11.5 Å². The highest BCUT2D eigenvalue weighted by Crippen LogP contribution is 2.30. The molecule has 0 aromatic heterocycles. The molecule has 5 nitrogen and oxygen atoms in total. The van der Waals surface area contributed by atoms with E-state index in [9.17, 15) is 15.0 Å². The van der Waals surface area contributed by atoms with Crippen molar-refractivity contribution in [1.82, 2.24) is 4.90 Å². The predicted octanol–water partition coefficient (Wildman–Crippen LogP) is 3.01. The summed E-state index contributed by atoms with van der Waals surface area (Å²) in [6.45, 7) is 4.80. The zero-order valence-corrected chi connectivity index (χ0v) is 13.8. The molecule has 0 radical (unpaired) electrons. The van der Waals surface area contributed by atoms with Crippen LogP contribution in [0.15, 0.2) is 42.5 Å². The van der Waals surface area contributed by atoms with Gasteiger partial charge in [-0.05, 0) is 37.1 Å². The van der Waals surface area contributed by atoms with Crippen LogP contribution >= 0.6 is 0 Å². The number of aromatic hydroxyl groups is 2. The number of hydrogen-bond acceptors (Lipinski definition) is 4. The quantitative estimate of drug-likeness (QED) is 0.889. The van der Waals surface area contributed by atoms with Crippen molar-refractivity contribution in [3.05, 3.63) is 59.2 Å². The molecule has 0 bridgehead atoms. The van der Waals surface area contributed by atoms with Crippen LogP contribution in [0, 0.1) is 6.92 Å². The van der Waals surface area contributed by atoms with E-state index in [0.717, 1.165) is 11.1 Å². The Hall–Kier alpha value is -2.53. The van der Waals surface area contributed by atoms with Crippen molar-refractivity contribution in [2.75, 3.05) is 13.2 Å². The molecule has 1 fully saturated rings. The molecule has 1 saturated heterocycles. The fourth-order valence-electron chi connectivity index (χ4n) is 3.03. The first-order valence-electron chi connectivity index (χ1n) is 7.97. The fraction of sp³-hybridized carbons (Fsp3) is 0.316. The standard InChI is InChI=1S/C19H21NO4/c1-12-5-3-4-6-15(12)18-10-20(13(2)11-24-18)19(23)16-8-7-14(21)9-17(16)22/h3-9,13,18,21-22H,10-11H2,1-2H3/t13-,18-/m1/s1. The molecule has 0 spiro atoms. The fourth-order valence-corrected chi connectivity index (χ4v) is 3.03. The number of carbonyl (C=O) groups excluding carboxylic acids is 1. The summed E-state index contributed by atoms with van der Waals surface area (Å²) in [5, 5.41) is 19.4. The number of carbonyl (C=O) groups is 1. The summed E-state index contributed by atoms with van der Waals surface area (Å²) in [6, 6.07) is 11.9. The number of aryl methyl sites for hydroxylation is 1. The summed E-state index contributed by atoms with van der Waals surface area (Å²) in [6.07, 6.45) is -0.189. The van der Waals surface area contributed by atoms with Crippen molar-refractivity contribution >= 4 is 5.91 Å². The first-order chi connectivity index (χ1) is 11.5. The third-order valence-electron chi connectivity index (χ3n) is 4.44. The zero-order chi connectivity index (χ0) is 17.3. The lowest BCUT2D eigenvalue weighted by atomic mass is 10.0. The molecule has 3 rings (SSSR count). The van der Waals surface area contributed by atoms with Crippen molar-refractivity contribution in [3.63, 3.8) is 0 Å². The summed E-state index contributed by atoms with van der Waals surface area (Å²) in [7, 11) is 0. The smallest absolute Gasteiger partial charge is 0.258 e. The Morgan fingerprint density at radius 1 is 1.21 bits per heavy atom. The van der Waals surface area contributed by atoms with Gasteiger partial charge in [-0.3, -0.25) is 4.79 Å². The molecule has 5 heteroatoms. The van der Waals surface area contributed by atoms with Gasteiger partial charge < -0.3 is 19.8 Å². The van der Waals surface area contributed by atoms with Crippen molar-refractivity contribution < 1.29 is 19.7 Å². The normalized spacial score (nSPS) is 20.8. The molecule has 2 atom stereocenters. The Balaban J connectivity index is 1.86. The van der Waals surface area contributed by atoms with E-state index < -0.39 is 0 Å². The van der Waals surface area contributed by atoms with Gasteiger partial charge >= 0.3 is 0 Å². The van der Waals surface area contributed by atoms with Gasteiger partial charge in [0.2, 0.25) is 0 Å². The van der Waals surface area contributed by atoms with E-state index in [0.29, 0.717) is 13.2 Å². The maximum Gasteiger partial charge on any atom is 0.258 e. The van der Waals surface area contributed by atoms with E-state index in [1.807, 2.05) is 38.1 Å². The number of nitrogens with zero attached hydrogens (tertiary/aromatic N) is 1. The van der Waals surface area contributed by atoms with Gasteiger partial charge in [0.1, 0.15) is 17.6 Å². The van der Waals surface area contributed by atoms with Gasteiger partial charge in [-0.1, -0.05) is 24.3 Å².